The largest absolute Gasteiger partial charge is 0.508 e. The second-order valence-corrected chi connectivity index (χ2v) is 5.92. The van der Waals surface area contributed by atoms with E-state index in [9.17, 15) is 9.90 Å². The lowest BCUT2D eigenvalue weighted by Gasteiger charge is -2.28. The minimum atomic E-state index is -0.129. The van der Waals surface area contributed by atoms with Crippen LogP contribution in [0.1, 0.15) is 16.8 Å². The summed E-state index contributed by atoms with van der Waals surface area (Å²) in [6.45, 7) is 2.00. The molecule has 1 aliphatic heterocycles. The molecule has 3 rings (SSSR count). The molecule has 1 aliphatic rings. The van der Waals surface area contributed by atoms with Crippen molar-refractivity contribution in [1.29, 1.82) is 0 Å². The first-order valence-corrected chi connectivity index (χ1v) is 7.35. The highest BCUT2D eigenvalue weighted by molar-refractivity contribution is 7.71. The first-order chi connectivity index (χ1) is 10.0. The number of benzene rings is 1. The highest BCUT2D eigenvalue weighted by Gasteiger charge is 2.20. The lowest BCUT2D eigenvalue weighted by Crippen LogP contribution is -2.35. The van der Waals surface area contributed by atoms with Gasteiger partial charge in [-0.05, 0) is 29.9 Å². The van der Waals surface area contributed by atoms with Crippen molar-refractivity contribution in [3.8, 4) is 5.75 Å². The Balaban J connectivity index is 1.83. The van der Waals surface area contributed by atoms with Crippen molar-refractivity contribution in [3.05, 3.63) is 55.2 Å². The number of rotatable bonds is 2. The van der Waals surface area contributed by atoms with E-state index in [1.165, 1.54) is 6.07 Å². The van der Waals surface area contributed by atoms with Gasteiger partial charge in [-0.3, -0.25) is 14.7 Å². The summed E-state index contributed by atoms with van der Waals surface area (Å²) >= 11 is 11.1. The van der Waals surface area contributed by atoms with Gasteiger partial charge in [0.25, 0.3) is 5.56 Å². The van der Waals surface area contributed by atoms with E-state index in [4.69, 9.17) is 23.8 Å². The van der Waals surface area contributed by atoms with Crippen LogP contribution in [0.3, 0.4) is 0 Å². The van der Waals surface area contributed by atoms with Gasteiger partial charge >= 0.3 is 0 Å². The SMILES string of the molecule is O=c1[nH]c(=S)[nH]c2c1CN(Cc1ccc(O)cc1Cl)CC2. The molecule has 0 saturated heterocycles. The maximum atomic E-state index is 12.0. The third-order valence-corrected chi connectivity index (χ3v) is 4.18. The maximum Gasteiger partial charge on any atom is 0.256 e. The van der Waals surface area contributed by atoms with Crippen LogP contribution in [-0.4, -0.2) is 26.5 Å². The number of hydrogen-bond donors (Lipinski definition) is 3. The summed E-state index contributed by atoms with van der Waals surface area (Å²) in [5.41, 5.74) is 2.44. The van der Waals surface area contributed by atoms with E-state index >= 15 is 0 Å². The number of fused-ring (bicyclic) bond motifs is 1. The van der Waals surface area contributed by atoms with Crippen LogP contribution in [0.5, 0.6) is 5.75 Å². The Bertz CT molecular complexity index is 800. The van der Waals surface area contributed by atoms with E-state index in [2.05, 4.69) is 14.9 Å². The van der Waals surface area contributed by atoms with E-state index in [0.29, 0.717) is 22.9 Å². The fraction of sp³-hybridized carbons (Fsp3) is 0.286. The minimum absolute atomic E-state index is 0.129. The average Bonchev–Trinajstić information content (AvgIpc) is 2.42. The lowest BCUT2D eigenvalue weighted by molar-refractivity contribution is 0.241. The number of nitrogens with zero attached hydrogens (tertiary/aromatic N) is 1. The molecule has 3 N–H and O–H groups in total. The van der Waals surface area contributed by atoms with Gasteiger partial charge in [-0.25, -0.2) is 0 Å². The first-order valence-electron chi connectivity index (χ1n) is 6.57. The molecule has 0 spiro atoms. The van der Waals surface area contributed by atoms with Crippen LogP contribution < -0.4 is 5.56 Å². The van der Waals surface area contributed by atoms with Crippen LogP contribution in [0.4, 0.5) is 0 Å². The van der Waals surface area contributed by atoms with Crippen LogP contribution in [0.25, 0.3) is 0 Å². The summed E-state index contributed by atoms with van der Waals surface area (Å²) in [5, 5.41) is 9.91. The summed E-state index contributed by atoms with van der Waals surface area (Å²) in [5.74, 6) is 0.150. The van der Waals surface area contributed by atoms with Gasteiger partial charge in [0.05, 0.1) is 5.56 Å². The molecule has 2 aromatic rings. The van der Waals surface area contributed by atoms with Gasteiger partial charge < -0.3 is 10.1 Å². The zero-order chi connectivity index (χ0) is 15.0. The van der Waals surface area contributed by atoms with Gasteiger partial charge in [-0.15, -0.1) is 0 Å². The van der Waals surface area contributed by atoms with Gasteiger partial charge in [0, 0.05) is 36.8 Å². The minimum Gasteiger partial charge on any atom is -0.508 e. The maximum absolute atomic E-state index is 12.0. The molecule has 21 heavy (non-hydrogen) atoms. The molecule has 0 radical (unpaired) electrons. The summed E-state index contributed by atoms with van der Waals surface area (Å²) in [7, 11) is 0. The fourth-order valence-corrected chi connectivity index (χ4v) is 3.00. The number of halogens is 1. The van der Waals surface area contributed by atoms with Crippen LogP contribution in [-0.2, 0) is 19.5 Å². The van der Waals surface area contributed by atoms with Gasteiger partial charge in [0.2, 0.25) is 0 Å². The molecule has 0 fully saturated rings. The van der Waals surface area contributed by atoms with Crippen LogP contribution in [0, 0.1) is 4.77 Å². The van der Waals surface area contributed by atoms with E-state index in [1.54, 1.807) is 12.1 Å². The van der Waals surface area contributed by atoms with Crippen molar-refractivity contribution in [2.45, 2.75) is 19.5 Å². The smallest absolute Gasteiger partial charge is 0.256 e. The molecular weight excluding hydrogens is 310 g/mol. The summed E-state index contributed by atoms with van der Waals surface area (Å²) in [6.07, 6.45) is 0.749. The molecule has 0 bridgehead atoms. The van der Waals surface area contributed by atoms with Gasteiger partial charge in [-0.2, -0.15) is 0 Å². The Morgan fingerprint density at radius 3 is 2.95 bits per heavy atom. The molecule has 0 unspecified atom stereocenters. The molecule has 0 aliphatic carbocycles. The molecule has 1 aromatic heterocycles. The zero-order valence-electron chi connectivity index (χ0n) is 11.1. The monoisotopic (exact) mass is 323 g/mol. The lowest BCUT2D eigenvalue weighted by atomic mass is 10.1. The molecule has 0 atom stereocenters. The van der Waals surface area contributed by atoms with Crippen LogP contribution in [0.15, 0.2) is 23.0 Å². The molecule has 5 nitrogen and oxygen atoms in total. The Kier molecular flexibility index (Phi) is 3.84. The summed E-state index contributed by atoms with van der Waals surface area (Å²) < 4.78 is 0.369. The van der Waals surface area contributed by atoms with Crippen molar-refractivity contribution in [1.82, 2.24) is 14.9 Å². The number of nitrogens with one attached hydrogen (secondary N) is 2. The molecule has 7 heteroatoms. The van der Waals surface area contributed by atoms with Crippen molar-refractivity contribution in [2.75, 3.05) is 6.54 Å². The number of phenols is 1. The van der Waals surface area contributed by atoms with E-state index < -0.39 is 0 Å². The highest BCUT2D eigenvalue weighted by Crippen LogP contribution is 2.24. The van der Waals surface area contributed by atoms with Gasteiger partial charge in [0.15, 0.2) is 4.77 Å². The fourth-order valence-electron chi connectivity index (χ4n) is 2.55. The highest BCUT2D eigenvalue weighted by atomic mass is 35.5. The van der Waals surface area contributed by atoms with E-state index in [1.807, 2.05) is 0 Å². The zero-order valence-corrected chi connectivity index (χ0v) is 12.7. The Hall–Kier alpha value is -1.63. The van der Waals surface area contributed by atoms with Crippen LogP contribution >= 0.6 is 23.8 Å². The molecular formula is C14H14ClN3O2S. The first kappa shape index (κ1) is 14.3. The Morgan fingerprint density at radius 1 is 1.38 bits per heavy atom. The second kappa shape index (κ2) is 5.63. The number of H-pyrrole nitrogens is 2. The van der Waals surface area contributed by atoms with Crippen molar-refractivity contribution in [2.24, 2.45) is 0 Å². The number of phenolic OH excluding ortho intramolecular Hbond substituents is 1. The number of aromatic hydroxyl groups is 1. The topological polar surface area (TPSA) is 72.1 Å². The predicted molar refractivity (Wildman–Crippen MR) is 83.2 cm³/mol. The molecule has 2 heterocycles. The predicted octanol–water partition coefficient (Wildman–Crippen LogP) is 2.35. The van der Waals surface area contributed by atoms with Crippen molar-refractivity contribution < 1.29 is 5.11 Å². The molecule has 0 saturated carbocycles. The average molecular weight is 324 g/mol. The Labute approximate surface area is 131 Å². The molecule has 0 amide bonds. The van der Waals surface area contributed by atoms with E-state index in [0.717, 1.165) is 29.8 Å². The summed E-state index contributed by atoms with van der Waals surface area (Å²) in [4.78, 5) is 19.8. The van der Waals surface area contributed by atoms with Crippen LogP contribution in [0.2, 0.25) is 5.02 Å². The normalized spacial score (nSPS) is 14.9. The third kappa shape index (κ3) is 3.02. The van der Waals surface area contributed by atoms with Crippen molar-refractivity contribution >= 4 is 23.8 Å². The molecule has 1 aromatic carbocycles. The molecule has 110 valence electrons. The Morgan fingerprint density at radius 2 is 2.19 bits per heavy atom. The van der Waals surface area contributed by atoms with E-state index in [-0.39, 0.29) is 11.3 Å². The number of aromatic amines is 2. The standard InChI is InChI=1S/C14H14ClN3O2S/c15-11-5-9(19)2-1-8(11)6-18-4-3-12-10(7-18)13(20)17-14(21)16-12/h1-2,5,19H,3-4,6-7H2,(H2,16,17,20,21). The van der Waals surface area contributed by atoms with Gasteiger partial charge in [0.1, 0.15) is 5.75 Å². The summed E-state index contributed by atoms with van der Waals surface area (Å²) in [6, 6.07) is 4.94. The second-order valence-electron chi connectivity index (χ2n) is 5.10. The number of aromatic nitrogens is 2. The van der Waals surface area contributed by atoms with Gasteiger partial charge in [-0.1, -0.05) is 17.7 Å². The number of hydrogen-bond acceptors (Lipinski definition) is 4. The third-order valence-electron chi connectivity index (χ3n) is 3.62. The van der Waals surface area contributed by atoms with Crippen molar-refractivity contribution in [3.63, 3.8) is 0 Å². The quantitative estimate of drug-likeness (QED) is 0.742.